The first-order valence-corrected chi connectivity index (χ1v) is 9.56. The number of aromatic carboxylic acids is 2. The molecule has 3 rings (SSSR count). The third-order valence-corrected chi connectivity index (χ3v) is 4.84. The number of carbonyl (C=O) groups is 4. The lowest BCUT2D eigenvalue weighted by atomic mass is 9.93. The molecule has 0 aliphatic rings. The fourth-order valence-corrected chi connectivity index (χ4v) is 3.22. The largest absolute Gasteiger partial charge is 0.478 e. The molecule has 2 amide bonds. The Balaban J connectivity index is 1.93. The second kappa shape index (κ2) is 9.13. The van der Waals surface area contributed by atoms with E-state index < -0.39 is 17.8 Å². The van der Waals surface area contributed by atoms with E-state index >= 15 is 0 Å². The Morgan fingerprint density at radius 1 is 0.688 bits per heavy atom. The highest BCUT2D eigenvalue weighted by Gasteiger charge is 2.19. The molecule has 4 N–H and O–H groups in total. The van der Waals surface area contributed by atoms with Crippen LogP contribution in [0.5, 0.6) is 0 Å². The minimum absolute atomic E-state index is 0.0134. The van der Waals surface area contributed by atoms with Crippen LogP contribution < -0.4 is 10.6 Å². The van der Waals surface area contributed by atoms with Crippen LogP contribution in [0.25, 0.3) is 11.1 Å². The molecule has 0 saturated heterocycles. The number of benzene rings is 3. The molecule has 0 aliphatic heterocycles. The molecule has 0 heterocycles. The van der Waals surface area contributed by atoms with Gasteiger partial charge in [0, 0.05) is 23.9 Å². The Hall–Kier alpha value is -4.46. The van der Waals surface area contributed by atoms with Gasteiger partial charge in [0.2, 0.25) is 0 Å². The standard InChI is InChI=1S/C24H20N2O6/c1-13-3-9-17(19(11-13)23(29)30)18-10-8-16(12-20(18)24(31)32)26-22(28)15-6-4-14(5-7-15)21(27)25-2/h3-12H,1-2H3,(H,25,27)(H,26,28)(H,29,30)(H,31,32). The van der Waals surface area contributed by atoms with Gasteiger partial charge >= 0.3 is 11.9 Å². The summed E-state index contributed by atoms with van der Waals surface area (Å²) in [4.78, 5) is 47.7. The number of amides is 2. The molecule has 0 saturated carbocycles. The summed E-state index contributed by atoms with van der Waals surface area (Å²) in [5, 5.41) is 24.3. The van der Waals surface area contributed by atoms with E-state index in [2.05, 4.69) is 10.6 Å². The minimum atomic E-state index is -1.26. The molecule has 0 bridgehead atoms. The maximum atomic E-state index is 12.5. The summed E-state index contributed by atoms with van der Waals surface area (Å²) in [5.41, 5.74) is 1.97. The first-order chi connectivity index (χ1) is 15.2. The number of anilines is 1. The maximum Gasteiger partial charge on any atom is 0.336 e. The van der Waals surface area contributed by atoms with Crippen molar-refractivity contribution in [3.8, 4) is 11.1 Å². The van der Waals surface area contributed by atoms with Crippen LogP contribution >= 0.6 is 0 Å². The Bertz CT molecular complexity index is 1230. The summed E-state index contributed by atoms with van der Waals surface area (Å²) in [5.74, 6) is -3.20. The normalized spacial score (nSPS) is 10.3. The van der Waals surface area contributed by atoms with Crippen molar-refractivity contribution in [1.29, 1.82) is 0 Å². The first kappa shape index (κ1) is 22.2. The number of hydrogen-bond donors (Lipinski definition) is 4. The molecule has 8 heteroatoms. The number of carboxylic acids is 2. The van der Waals surface area contributed by atoms with Crippen molar-refractivity contribution in [2.75, 3.05) is 12.4 Å². The van der Waals surface area contributed by atoms with Crippen molar-refractivity contribution < 1.29 is 29.4 Å². The molecule has 0 aromatic heterocycles. The van der Waals surface area contributed by atoms with E-state index in [-0.39, 0.29) is 39.4 Å². The Morgan fingerprint density at radius 2 is 1.19 bits per heavy atom. The Morgan fingerprint density at radius 3 is 1.72 bits per heavy atom. The van der Waals surface area contributed by atoms with E-state index in [1.54, 1.807) is 19.1 Å². The average Bonchev–Trinajstić information content (AvgIpc) is 2.78. The fourth-order valence-electron chi connectivity index (χ4n) is 3.22. The third-order valence-electron chi connectivity index (χ3n) is 4.84. The summed E-state index contributed by atoms with van der Waals surface area (Å²) >= 11 is 0. The second-order valence-electron chi connectivity index (χ2n) is 7.03. The zero-order valence-electron chi connectivity index (χ0n) is 17.3. The van der Waals surface area contributed by atoms with E-state index in [0.717, 1.165) is 5.56 Å². The van der Waals surface area contributed by atoms with Gasteiger partial charge in [0.15, 0.2) is 0 Å². The molecule has 3 aromatic carbocycles. The van der Waals surface area contributed by atoms with Crippen molar-refractivity contribution in [2.24, 2.45) is 0 Å². The molecular formula is C24H20N2O6. The lowest BCUT2D eigenvalue weighted by Crippen LogP contribution is -2.18. The van der Waals surface area contributed by atoms with Crippen LogP contribution in [0, 0.1) is 6.92 Å². The van der Waals surface area contributed by atoms with Crippen molar-refractivity contribution in [2.45, 2.75) is 6.92 Å². The highest BCUT2D eigenvalue weighted by molar-refractivity contribution is 6.07. The fraction of sp³-hybridized carbons (Fsp3) is 0.0833. The van der Waals surface area contributed by atoms with Gasteiger partial charge in [-0.1, -0.05) is 23.8 Å². The van der Waals surface area contributed by atoms with Crippen LogP contribution in [-0.4, -0.2) is 41.0 Å². The molecule has 0 fully saturated rings. The van der Waals surface area contributed by atoms with Crippen molar-refractivity contribution >= 4 is 29.4 Å². The molecular weight excluding hydrogens is 412 g/mol. The van der Waals surface area contributed by atoms with Crippen molar-refractivity contribution in [1.82, 2.24) is 5.32 Å². The SMILES string of the molecule is CNC(=O)c1ccc(C(=O)Nc2ccc(-c3ccc(C)cc3C(=O)O)c(C(=O)O)c2)cc1. The van der Waals surface area contributed by atoms with E-state index in [9.17, 15) is 29.4 Å². The molecule has 3 aromatic rings. The highest BCUT2D eigenvalue weighted by atomic mass is 16.4. The van der Waals surface area contributed by atoms with E-state index in [1.807, 2.05) is 0 Å². The Labute approximate surface area is 183 Å². The highest BCUT2D eigenvalue weighted by Crippen LogP contribution is 2.30. The molecule has 32 heavy (non-hydrogen) atoms. The smallest absolute Gasteiger partial charge is 0.336 e. The van der Waals surface area contributed by atoms with Gasteiger partial charge in [-0.25, -0.2) is 9.59 Å². The summed E-state index contributed by atoms with van der Waals surface area (Å²) in [6, 6.07) is 15.0. The maximum absolute atomic E-state index is 12.5. The van der Waals surface area contributed by atoms with Crippen LogP contribution in [0.3, 0.4) is 0 Å². The molecule has 162 valence electrons. The number of rotatable bonds is 6. The number of carbonyl (C=O) groups excluding carboxylic acids is 2. The first-order valence-electron chi connectivity index (χ1n) is 9.56. The van der Waals surface area contributed by atoms with E-state index in [4.69, 9.17) is 0 Å². The molecule has 0 spiro atoms. The summed E-state index contributed by atoms with van der Waals surface area (Å²) in [7, 11) is 1.50. The van der Waals surface area contributed by atoms with Crippen molar-refractivity contribution in [3.05, 3.63) is 88.5 Å². The number of aryl methyl sites for hydroxylation is 1. The van der Waals surface area contributed by atoms with Crippen LogP contribution in [0.4, 0.5) is 5.69 Å². The summed E-state index contributed by atoms with van der Waals surface area (Å²) in [6.45, 7) is 1.74. The van der Waals surface area contributed by atoms with Gasteiger partial charge in [0.1, 0.15) is 0 Å². The number of carboxylic acid groups (broad SMARTS) is 2. The topological polar surface area (TPSA) is 133 Å². The summed E-state index contributed by atoms with van der Waals surface area (Å²) < 4.78 is 0. The Kier molecular flexibility index (Phi) is 6.34. The van der Waals surface area contributed by atoms with Gasteiger partial charge < -0.3 is 20.8 Å². The van der Waals surface area contributed by atoms with Gasteiger partial charge in [0.25, 0.3) is 11.8 Å². The van der Waals surface area contributed by atoms with Crippen LogP contribution in [0.2, 0.25) is 0 Å². The van der Waals surface area contributed by atoms with E-state index in [1.165, 1.54) is 55.6 Å². The van der Waals surface area contributed by atoms with Crippen molar-refractivity contribution in [3.63, 3.8) is 0 Å². The van der Waals surface area contributed by atoms with Gasteiger partial charge in [-0.15, -0.1) is 0 Å². The van der Waals surface area contributed by atoms with Crippen LogP contribution in [0.15, 0.2) is 60.7 Å². The summed E-state index contributed by atoms with van der Waals surface area (Å²) in [6.07, 6.45) is 0. The van der Waals surface area contributed by atoms with Crippen LogP contribution in [-0.2, 0) is 0 Å². The monoisotopic (exact) mass is 432 g/mol. The predicted octanol–water partition coefficient (Wildman–Crippen LogP) is 3.67. The molecule has 0 aliphatic carbocycles. The van der Waals surface area contributed by atoms with Crippen LogP contribution in [0.1, 0.15) is 47.0 Å². The molecule has 0 unspecified atom stereocenters. The van der Waals surface area contributed by atoms with Gasteiger partial charge in [-0.3, -0.25) is 9.59 Å². The number of nitrogens with one attached hydrogen (secondary N) is 2. The lowest BCUT2D eigenvalue weighted by Gasteiger charge is -2.13. The van der Waals surface area contributed by atoms with Gasteiger partial charge in [-0.2, -0.15) is 0 Å². The van der Waals surface area contributed by atoms with Gasteiger partial charge in [0.05, 0.1) is 11.1 Å². The molecule has 0 atom stereocenters. The zero-order chi connectivity index (χ0) is 23.4. The third kappa shape index (κ3) is 4.65. The average molecular weight is 432 g/mol. The predicted molar refractivity (Wildman–Crippen MR) is 118 cm³/mol. The quantitative estimate of drug-likeness (QED) is 0.470. The second-order valence-corrected chi connectivity index (χ2v) is 7.03. The lowest BCUT2D eigenvalue weighted by molar-refractivity contribution is 0.0684. The zero-order valence-corrected chi connectivity index (χ0v) is 17.3. The van der Waals surface area contributed by atoms with E-state index in [0.29, 0.717) is 5.56 Å². The number of hydrogen-bond acceptors (Lipinski definition) is 4. The molecule has 8 nitrogen and oxygen atoms in total. The van der Waals surface area contributed by atoms with Gasteiger partial charge in [-0.05, 0) is 60.5 Å². The molecule has 0 radical (unpaired) electrons. The minimum Gasteiger partial charge on any atom is -0.478 e.